The van der Waals surface area contributed by atoms with Crippen LogP contribution in [-0.4, -0.2) is 53.6 Å². The van der Waals surface area contributed by atoms with Crippen molar-refractivity contribution in [3.05, 3.63) is 0 Å². The zero-order valence-corrected chi connectivity index (χ0v) is 14.1. The number of unbranched alkanes of at least 4 members (excludes halogenated alkanes) is 1. The van der Waals surface area contributed by atoms with Gasteiger partial charge in [-0.3, -0.25) is 10.1 Å². The third-order valence-electron chi connectivity index (χ3n) is 5.01. The number of carbonyl (C=O) groups is 1. The first-order valence-electron chi connectivity index (χ1n) is 9.01. The smallest absolute Gasteiger partial charge is 0.241 e. The van der Waals surface area contributed by atoms with E-state index in [0.29, 0.717) is 11.9 Å². The second-order valence-electron chi connectivity index (χ2n) is 6.60. The van der Waals surface area contributed by atoms with Crippen molar-refractivity contribution < 1.29 is 4.79 Å². The van der Waals surface area contributed by atoms with Crippen LogP contribution in [0.5, 0.6) is 0 Å². The van der Waals surface area contributed by atoms with Gasteiger partial charge in [0.05, 0.1) is 12.2 Å². The number of rotatable bonds is 7. The molecule has 1 N–H and O–H groups in total. The number of carbonyl (C=O) groups excluding carboxylic acids is 1. The summed E-state index contributed by atoms with van der Waals surface area (Å²) in [5.41, 5.74) is 0. The maximum Gasteiger partial charge on any atom is 0.241 e. The summed E-state index contributed by atoms with van der Waals surface area (Å²) >= 11 is 0. The van der Waals surface area contributed by atoms with Gasteiger partial charge in [0.2, 0.25) is 5.91 Å². The van der Waals surface area contributed by atoms with Crippen molar-refractivity contribution in [3.8, 4) is 0 Å². The molecule has 4 heteroatoms. The fourth-order valence-electron chi connectivity index (χ4n) is 3.82. The molecule has 2 unspecified atom stereocenters. The summed E-state index contributed by atoms with van der Waals surface area (Å²) in [6.45, 7) is 10.1. The number of piperidine rings is 1. The van der Waals surface area contributed by atoms with Crippen molar-refractivity contribution >= 4 is 5.91 Å². The van der Waals surface area contributed by atoms with Crippen molar-refractivity contribution in [2.45, 2.75) is 84.0 Å². The average Bonchev–Trinajstić information content (AvgIpc) is 2.82. The number of likely N-dealkylation sites (tertiary alicyclic amines) is 1. The number of nitrogens with zero attached hydrogens (tertiary/aromatic N) is 2. The highest BCUT2D eigenvalue weighted by Gasteiger charge is 2.41. The van der Waals surface area contributed by atoms with Crippen LogP contribution in [-0.2, 0) is 4.79 Å². The summed E-state index contributed by atoms with van der Waals surface area (Å²) in [4.78, 5) is 17.5. The third kappa shape index (κ3) is 3.98. The highest BCUT2D eigenvalue weighted by molar-refractivity contribution is 5.84. The minimum atomic E-state index is 0.0728. The van der Waals surface area contributed by atoms with E-state index in [2.05, 4.69) is 35.9 Å². The van der Waals surface area contributed by atoms with Crippen LogP contribution in [0.1, 0.15) is 65.7 Å². The minimum absolute atomic E-state index is 0.0728. The zero-order valence-electron chi connectivity index (χ0n) is 14.1. The van der Waals surface area contributed by atoms with Gasteiger partial charge in [-0.1, -0.05) is 33.6 Å². The Labute approximate surface area is 130 Å². The first kappa shape index (κ1) is 16.8. The van der Waals surface area contributed by atoms with Crippen molar-refractivity contribution in [2.75, 3.05) is 19.6 Å². The second kappa shape index (κ2) is 8.14. The van der Waals surface area contributed by atoms with Crippen LogP contribution in [0.4, 0.5) is 0 Å². The normalized spacial score (nSPS) is 28.5. The number of hydrogen-bond donors (Lipinski definition) is 1. The molecule has 0 saturated carbocycles. The minimum Gasteiger partial charge on any atom is -0.323 e. The molecule has 0 spiro atoms. The maximum atomic E-state index is 12.7. The largest absolute Gasteiger partial charge is 0.323 e. The lowest BCUT2D eigenvalue weighted by Gasteiger charge is -2.39. The van der Waals surface area contributed by atoms with E-state index in [1.807, 2.05) is 0 Å². The molecule has 2 aliphatic rings. The average molecular weight is 295 g/mol. The summed E-state index contributed by atoms with van der Waals surface area (Å²) in [7, 11) is 0. The van der Waals surface area contributed by atoms with Crippen molar-refractivity contribution in [1.82, 2.24) is 15.1 Å². The van der Waals surface area contributed by atoms with Crippen molar-refractivity contribution in [3.63, 3.8) is 0 Å². The van der Waals surface area contributed by atoms with Gasteiger partial charge in [0.25, 0.3) is 0 Å². The van der Waals surface area contributed by atoms with Gasteiger partial charge in [0, 0.05) is 19.1 Å². The van der Waals surface area contributed by atoms with Gasteiger partial charge in [0.1, 0.15) is 0 Å². The Balaban J connectivity index is 1.93. The topological polar surface area (TPSA) is 35.6 Å². The van der Waals surface area contributed by atoms with Crippen LogP contribution in [0.25, 0.3) is 0 Å². The first-order chi connectivity index (χ1) is 10.2. The SMILES string of the molecule is CCCCC1NC(CC)N(C2CCN(CCC)CC2)C1=O. The van der Waals surface area contributed by atoms with E-state index in [4.69, 9.17) is 0 Å². The van der Waals surface area contributed by atoms with Crippen LogP contribution in [0, 0.1) is 0 Å². The molecule has 0 aromatic rings. The van der Waals surface area contributed by atoms with Crippen LogP contribution < -0.4 is 5.32 Å². The van der Waals surface area contributed by atoms with Gasteiger partial charge >= 0.3 is 0 Å². The van der Waals surface area contributed by atoms with Crippen LogP contribution >= 0.6 is 0 Å². The number of nitrogens with one attached hydrogen (secondary N) is 1. The highest BCUT2D eigenvalue weighted by Crippen LogP contribution is 2.25. The van der Waals surface area contributed by atoms with E-state index in [1.54, 1.807) is 0 Å². The molecule has 4 nitrogen and oxygen atoms in total. The summed E-state index contributed by atoms with van der Waals surface area (Å²) in [5, 5.41) is 3.57. The number of hydrogen-bond acceptors (Lipinski definition) is 3. The molecule has 1 amide bonds. The Kier molecular flexibility index (Phi) is 6.49. The summed E-state index contributed by atoms with van der Waals surface area (Å²) in [5.74, 6) is 0.365. The Morgan fingerprint density at radius 3 is 2.43 bits per heavy atom. The molecule has 2 aliphatic heterocycles. The molecule has 2 rings (SSSR count). The maximum absolute atomic E-state index is 12.7. The Bertz CT molecular complexity index is 326. The first-order valence-corrected chi connectivity index (χ1v) is 9.01. The Morgan fingerprint density at radius 2 is 1.86 bits per heavy atom. The molecule has 21 heavy (non-hydrogen) atoms. The van der Waals surface area contributed by atoms with E-state index in [1.165, 1.54) is 13.0 Å². The van der Waals surface area contributed by atoms with Gasteiger partial charge in [0.15, 0.2) is 0 Å². The zero-order chi connectivity index (χ0) is 15.2. The van der Waals surface area contributed by atoms with Gasteiger partial charge < -0.3 is 9.80 Å². The lowest BCUT2D eigenvalue weighted by atomic mass is 10.0. The molecule has 122 valence electrons. The molecule has 2 fully saturated rings. The lowest BCUT2D eigenvalue weighted by Crippen LogP contribution is -2.49. The number of amides is 1. The fourth-order valence-corrected chi connectivity index (χ4v) is 3.82. The monoisotopic (exact) mass is 295 g/mol. The van der Waals surface area contributed by atoms with Gasteiger partial charge in [-0.2, -0.15) is 0 Å². The third-order valence-corrected chi connectivity index (χ3v) is 5.01. The molecular formula is C17H33N3O. The quantitative estimate of drug-likeness (QED) is 0.784. The Hall–Kier alpha value is -0.610. The van der Waals surface area contributed by atoms with Gasteiger partial charge in [-0.15, -0.1) is 0 Å². The molecule has 0 aliphatic carbocycles. The van der Waals surface area contributed by atoms with E-state index >= 15 is 0 Å². The summed E-state index contributed by atoms with van der Waals surface area (Å²) < 4.78 is 0. The van der Waals surface area contributed by atoms with Gasteiger partial charge in [-0.25, -0.2) is 0 Å². The summed E-state index contributed by atoms with van der Waals surface area (Å²) in [6, 6.07) is 0.526. The van der Waals surface area contributed by atoms with E-state index < -0.39 is 0 Å². The van der Waals surface area contributed by atoms with Crippen LogP contribution in [0.2, 0.25) is 0 Å². The molecule has 0 aromatic carbocycles. The van der Waals surface area contributed by atoms with Crippen molar-refractivity contribution in [2.24, 2.45) is 0 Å². The highest BCUT2D eigenvalue weighted by atomic mass is 16.2. The predicted octanol–water partition coefficient (Wildman–Crippen LogP) is 2.59. The van der Waals surface area contributed by atoms with Crippen molar-refractivity contribution in [1.29, 1.82) is 0 Å². The molecular weight excluding hydrogens is 262 g/mol. The molecule has 0 aromatic heterocycles. The van der Waals surface area contributed by atoms with Gasteiger partial charge in [-0.05, 0) is 38.6 Å². The molecule has 0 radical (unpaired) electrons. The Morgan fingerprint density at radius 1 is 1.14 bits per heavy atom. The summed E-state index contributed by atoms with van der Waals surface area (Å²) in [6.07, 6.45) is 8.10. The van der Waals surface area contributed by atoms with Crippen LogP contribution in [0.3, 0.4) is 0 Å². The standard InChI is InChI=1S/C17H33N3O/c1-4-7-8-15-17(21)20(16(6-3)18-15)14-9-12-19(11-5-2)13-10-14/h14-16,18H,4-13H2,1-3H3. The molecule has 2 saturated heterocycles. The molecule has 2 atom stereocenters. The lowest BCUT2D eigenvalue weighted by molar-refractivity contribution is -0.133. The molecule has 2 heterocycles. The molecule has 0 bridgehead atoms. The second-order valence-corrected chi connectivity index (χ2v) is 6.60. The predicted molar refractivity (Wildman–Crippen MR) is 87.1 cm³/mol. The van der Waals surface area contributed by atoms with E-state index in [-0.39, 0.29) is 12.2 Å². The van der Waals surface area contributed by atoms with E-state index in [9.17, 15) is 4.79 Å². The fraction of sp³-hybridized carbons (Fsp3) is 0.941. The van der Waals surface area contributed by atoms with E-state index in [0.717, 1.165) is 51.6 Å². The van der Waals surface area contributed by atoms with Crippen LogP contribution in [0.15, 0.2) is 0 Å².